The topological polar surface area (TPSA) is 88.5 Å². The fourth-order valence-corrected chi connectivity index (χ4v) is 3.90. The number of amides is 1. The molecule has 1 N–H and O–H groups in total. The summed E-state index contributed by atoms with van der Waals surface area (Å²) >= 11 is 0. The summed E-state index contributed by atoms with van der Waals surface area (Å²) in [6, 6.07) is 4.62. The molecule has 29 heavy (non-hydrogen) atoms. The first-order chi connectivity index (χ1) is 14.0. The summed E-state index contributed by atoms with van der Waals surface area (Å²) in [6.45, 7) is 5.79. The molecule has 3 rings (SSSR count). The Balaban J connectivity index is 1.84. The number of methoxy groups -OCH3 is 2. The number of hydrogen-bond acceptors (Lipinski definition) is 7. The fraction of sp³-hybridized carbons (Fsp3) is 0.524. The molecule has 2 heterocycles. The van der Waals surface area contributed by atoms with E-state index in [0.717, 1.165) is 26.1 Å². The molecule has 8 heteroatoms. The predicted molar refractivity (Wildman–Crippen MR) is 106 cm³/mol. The zero-order valence-corrected chi connectivity index (χ0v) is 17.1. The van der Waals surface area contributed by atoms with E-state index in [1.807, 2.05) is 0 Å². The van der Waals surface area contributed by atoms with Crippen molar-refractivity contribution in [2.45, 2.75) is 19.4 Å². The van der Waals surface area contributed by atoms with Crippen LogP contribution in [0, 0.1) is 0 Å². The Labute approximate surface area is 170 Å². The van der Waals surface area contributed by atoms with E-state index >= 15 is 0 Å². The lowest BCUT2D eigenvalue weighted by atomic mass is 9.96. The van der Waals surface area contributed by atoms with Crippen LogP contribution in [0.4, 0.5) is 0 Å². The molecule has 0 bridgehead atoms. The third kappa shape index (κ3) is 4.38. The van der Waals surface area contributed by atoms with E-state index in [0.29, 0.717) is 36.8 Å². The summed E-state index contributed by atoms with van der Waals surface area (Å²) in [5, 5.41) is 10.4. The molecule has 1 amide bonds. The number of aliphatic hydroxyl groups is 1. The van der Waals surface area contributed by atoms with Gasteiger partial charge in [-0.3, -0.25) is 14.5 Å². The molecule has 158 valence electrons. The highest BCUT2D eigenvalue weighted by molar-refractivity contribution is 6.08. The monoisotopic (exact) mass is 404 g/mol. The molecule has 8 nitrogen and oxygen atoms in total. The Kier molecular flexibility index (Phi) is 6.76. The molecule has 2 aliphatic heterocycles. The van der Waals surface area contributed by atoms with Crippen LogP contribution in [0.25, 0.3) is 0 Å². The van der Waals surface area contributed by atoms with Gasteiger partial charge in [-0.15, -0.1) is 0 Å². The number of Topliss-reactive ketones (excluding diaryl/α,β-unsaturated/α-hetero) is 1. The summed E-state index contributed by atoms with van der Waals surface area (Å²) in [4.78, 5) is 28.8. The minimum absolute atomic E-state index is 0.119. The maximum atomic E-state index is 12.7. The summed E-state index contributed by atoms with van der Waals surface area (Å²) in [5.74, 6) is -0.260. The quantitative estimate of drug-likeness (QED) is 0.706. The molecule has 0 unspecified atom stereocenters. The van der Waals surface area contributed by atoms with E-state index in [-0.39, 0.29) is 11.4 Å². The van der Waals surface area contributed by atoms with Gasteiger partial charge in [-0.25, -0.2) is 0 Å². The van der Waals surface area contributed by atoms with Crippen molar-refractivity contribution in [3.05, 3.63) is 35.1 Å². The molecule has 1 fully saturated rings. The molecule has 2 aliphatic rings. The van der Waals surface area contributed by atoms with Crippen molar-refractivity contribution in [1.29, 1.82) is 0 Å². The third-order valence-corrected chi connectivity index (χ3v) is 5.38. The smallest absolute Gasteiger partial charge is 0.290 e. The predicted octanol–water partition coefficient (Wildman–Crippen LogP) is 1.71. The van der Waals surface area contributed by atoms with Gasteiger partial charge in [0.2, 0.25) is 0 Å². The van der Waals surface area contributed by atoms with E-state index in [1.54, 1.807) is 30.2 Å². The zero-order chi connectivity index (χ0) is 21.0. The van der Waals surface area contributed by atoms with E-state index in [1.165, 1.54) is 14.0 Å². The number of aliphatic hydroxyl groups excluding tert-OH is 1. The molecule has 1 saturated heterocycles. The number of ketones is 1. The molecule has 1 aromatic rings. The molecule has 0 saturated carbocycles. The molecule has 0 radical (unpaired) electrons. The van der Waals surface area contributed by atoms with Crippen molar-refractivity contribution >= 4 is 11.7 Å². The van der Waals surface area contributed by atoms with E-state index < -0.39 is 17.7 Å². The number of carbonyl (C=O) groups excluding carboxylic acids is 2. The Morgan fingerprint density at radius 3 is 2.48 bits per heavy atom. The number of carbonyl (C=O) groups is 2. The number of nitrogens with zero attached hydrogens (tertiary/aromatic N) is 2. The van der Waals surface area contributed by atoms with Crippen LogP contribution in [0.3, 0.4) is 0 Å². The molecule has 1 aromatic carbocycles. The Hall–Kier alpha value is -2.58. The molecule has 0 spiro atoms. The Morgan fingerprint density at radius 2 is 1.86 bits per heavy atom. The number of hydrogen-bond donors (Lipinski definition) is 1. The van der Waals surface area contributed by atoms with Crippen LogP contribution in [0.2, 0.25) is 0 Å². The van der Waals surface area contributed by atoms with Crippen LogP contribution < -0.4 is 9.47 Å². The summed E-state index contributed by atoms with van der Waals surface area (Å²) in [6.07, 6.45) is 0.730. The van der Waals surface area contributed by atoms with Gasteiger partial charge in [-0.1, -0.05) is 6.07 Å². The lowest BCUT2D eigenvalue weighted by molar-refractivity contribution is -0.129. The highest BCUT2D eigenvalue weighted by Crippen LogP contribution is 2.40. The average molecular weight is 404 g/mol. The lowest BCUT2D eigenvalue weighted by Gasteiger charge is -2.30. The second kappa shape index (κ2) is 9.28. The largest absolute Gasteiger partial charge is 0.503 e. The minimum atomic E-state index is -0.649. The summed E-state index contributed by atoms with van der Waals surface area (Å²) in [7, 11) is 3.07. The SMILES string of the molecule is COc1ccc([C@H]2C(C(C)=O)=C(O)C(=O)N2CCCN2CCOCC2)cc1OC. The first kappa shape index (κ1) is 21.1. The van der Waals surface area contributed by atoms with Crippen LogP contribution in [0.15, 0.2) is 29.5 Å². The van der Waals surface area contributed by atoms with E-state index in [9.17, 15) is 14.7 Å². The highest BCUT2D eigenvalue weighted by Gasteiger charge is 2.42. The number of benzene rings is 1. The summed E-state index contributed by atoms with van der Waals surface area (Å²) in [5.41, 5.74) is 0.810. The van der Waals surface area contributed by atoms with Gasteiger partial charge in [-0.2, -0.15) is 0 Å². The number of morpholine rings is 1. The van der Waals surface area contributed by atoms with Crippen molar-refractivity contribution in [3.63, 3.8) is 0 Å². The van der Waals surface area contributed by atoms with Gasteiger partial charge in [0.05, 0.1) is 39.0 Å². The molecule has 0 aromatic heterocycles. The fourth-order valence-electron chi connectivity index (χ4n) is 3.90. The third-order valence-electron chi connectivity index (χ3n) is 5.38. The van der Waals surface area contributed by atoms with Gasteiger partial charge in [-0.05, 0) is 31.0 Å². The number of ether oxygens (including phenoxy) is 3. The first-order valence-corrected chi connectivity index (χ1v) is 9.75. The Bertz CT molecular complexity index is 800. The van der Waals surface area contributed by atoms with Crippen molar-refractivity contribution in [1.82, 2.24) is 9.80 Å². The zero-order valence-electron chi connectivity index (χ0n) is 17.1. The van der Waals surface area contributed by atoms with Gasteiger partial charge in [0.15, 0.2) is 23.0 Å². The van der Waals surface area contributed by atoms with Crippen molar-refractivity contribution in [2.24, 2.45) is 0 Å². The van der Waals surface area contributed by atoms with Crippen molar-refractivity contribution in [3.8, 4) is 11.5 Å². The molecular weight excluding hydrogens is 376 g/mol. The van der Waals surface area contributed by atoms with Gasteiger partial charge < -0.3 is 24.2 Å². The van der Waals surface area contributed by atoms with E-state index in [2.05, 4.69) is 4.90 Å². The molecule has 0 aliphatic carbocycles. The van der Waals surface area contributed by atoms with Crippen molar-refractivity contribution in [2.75, 3.05) is 53.6 Å². The molecule has 1 atom stereocenters. The average Bonchev–Trinajstić information content (AvgIpc) is 2.99. The standard InChI is InChI=1S/C21H28N2O6/c1-14(24)18-19(15-5-6-16(27-2)17(13-15)28-3)23(21(26)20(18)25)8-4-7-22-9-11-29-12-10-22/h5-6,13,19,25H,4,7-12H2,1-3H3/t19-/m0/s1. The van der Waals surface area contributed by atoms with Gasteiger partial charge in [0.1, 0.15) is 0 Å². The Morgan fingerprint density at radius 1 is 1.17 bits per heavy atom. The number of rotatable bonds is 8. The highest BCUT2D eigenvalue weighted by atomic mass is 16.5. The van der Waals surface area contributed by atoms with Gasteiger partial charge in [0, 0.05) is 26.2 Å². The maximum absolute atomic E-state index is 12.7. The van der Waals surface area contributed by atoms with E-state index in [4.69, 9.17) is 14.2 Å². The molecular formula is C21H28N2O6. The van der Waals surface area contributed by atoms with Crippen molar-refractivity contribution < 1.29 is 28.9 Å². The minimum Gasteiger partial charge on any atom is -0.503 e. The normalized spacial score (nSPS) is 20.3. The van der Waals surface area contributed by atoms with Gasteiger partial charge in [0.25, 0.3) is 5.91 Å². The second-order valence-corrected chi connectivity index (χ2v) is 7.14. The summed E-state index contributed by atoms with van der Waals surface area (Å²) < 4.78 is 16.0. The van der Waals surface area contributed by atoms with Crippen LogP contribution in [0.1, 0.15) is 24.9 Å². The lowest BCUT2D eigenvalue weighted by Crippen LogP contribution is -2.39. The van der Waals surface area contributed by atoms with Gasteiger partial charge >= 0.3 is 0 Å². The maximum Gasteiger partial charge on any atom is 0.290 e. The van der Waals surface area contributed by atoms with Crippen LogP contribution in [0.5, 0.6) is 11.5 Å². The van der Waals surface area contributed by atoms with Crippen LogP contribution in [-0.2, 0) is 14.3 Å². The van der Waals surface area contributed by atoms with Crippen LogP contribution in [-0.4, -0.2) is 80.2 Å². The van der Waals surface area contributed by atoms with Crippen LogP contribution >= 0.6 is 0 Å². The first-order valence-electron chi connectivity index (χ1n) is 9.75. The second-order valence-electron chi connectivity index (χ2n) is 7.14.